The quantitative estimate of drug-likeness (QED) is 0.102. The van der Waals surface area contributed by atoms with Gasteiger partial charge in [-0.25, -0.2) is 0 Å². The van der Waals surface area contributed by atoms with E-state index in [0.717, 1.165) is 168 Å². The van der Waals surface area contributed by atoms with Crippen LogP contribution >= 0.6 is 0 Å². The molecule has 0 fully saturated rings. The fourth-order valence-corrected chi connectivity index (χ4v) is 13.9. The van der Waals surface area contributed by atoms with E-state index in [0.29, 0.717) is 0 Å². The van der Waals surface area contributed by atoms with Gasteiger partial charge in [-0.1, -0.05) is 279 Å². The molecule has 0 aliphatic heterocycles. The van der Waals surface area contributed by atoms with Crippen LogP contribution in [0.15, 0.2) is 418 Å². The number of rotatable bonds is 15. The molecule has 0 atom stereocenters. The van der Waals surface area contributed by atoms with Crippen LogP contribution in [0.3, 0.4) is 0 Å². The Kier molecular flexibility index (Phi) is 16.6. The molecule has 0 bridgehead atoms. The summed E-state index contributed by atoms with van der Waals surface area (Å²) in [4.78, 5) is 4.60. The lowest BCUT2D eigenvalue weighted by Crippen LogP contribution is -2.09. The zero-order chi connectivity index (χ0) is 69.1. The Morgan fingerprint density at radius 3 is 0.538 bits per heavy atom. The van der Waals surface area contributed by atoms with Gasteiger partial charge >= 0.3 is 0 Å². The van der Waals surface area contributed by atoms with Crippen LogP contribution in [0.4, 0.5) is 34.1 Å². The van der Waals surface area contributed by atoms with Crippen LogP contribution in [0.25, 0.3) is 145 Å². The number of hydrogen-bond donors (Lipinski definition) is 0. The highest BCUT2D eigenvalue weighted by Crippen LogP contribution is 2.43. The molecule has 0 amide bonds. The van der Waals surface area contributed by atoms with Crippen molar-refractivity contribution in [2.75, 3.05) is 9.80 Å². The fraction of sp³-hybridized carbons (Fsp3) is 0. The molecule has 0 N–H and O–H groups in total. The molecule has 0 unspecified atom stereocenters. The summed E-state index contributed by atoms with van der Waals surface area (Å²) in [6.07, 6.45) is 0. The van der Waals surface area contributed by atoms with Crippen molar-refractivity contribution in [1.29, 1.82) is 0 Å². The van der Waals surface area contributed by atoms with E-state index >= 15 is 0 Å². The first kappa shape index (κ1) is 62.3. The monoisotopic (exact) mass is 1330 g/mol. The van der Waals surface area contributed by atoms with Crippen LogP contribution in [0.2, 0.25) is 0 Å². The van der Waals surface area contributed by atoms with Crippen LogP contribution in [-0.4, -0.2) is 0 Å². The maximum Gasteiger partial charge on any atom is 0.135 e. The smallest absolute Gasteiger partial charge is 0.135 e. The van der Waals surface area contributed by atoms with Crippen LogP contribution in [0.5, 0.6) is 0 Å². The minimum Gasteiger partial charge on any atom is -0.456 e. The lowest BCUT2D eigenvalue weighted by molar-refractivity contribution is 0.631. The van der Waals surface area contributed by atoms with E-state index in [9.17, 15) is 0 Å². The fourth-order valence-electron chi connectivity index (χ4n) is 13.9. The van der Waals surface area contributed by atoms with Crippen molar-refractivity contribution in [3.05, 3.63) is 400 Å². The Morgan fingerprint density at radius 2 is 0.308 bits per heavy atom. The van der Waals surface area contributed by atoms with Crippen LogP contribution in [0, 0.1) is 0 Å². The second kappa shape index (κ2) is 27.6. The number of nitrogens with zero attached hydrogens (tertiary/aromatic N) is 2. The van der Waals surface area contributed by atoms with Gasteiger partial charge in [0.1, 0.15) is 45.4 Å². The molecule has 0 saturated heterocycles. The molecule has 492 valence electrons. The van der Waals surface area contributed by atoms with Gasteiger partial charge in [0.15, 0.2) is 0 Å². The molecule has 104 heavy (non-hydrogen) atoms. The SMILES string of the molecule is c1ccc(-c2cc3ccc(-c4ccc(N(c5ccccc5)c5ccc(-c6ccc7cc(-c8ccccc8)oc7c6)cc5)cc4)cc3o2)cc1.c1ccc(-c2ccc(N(c3ccc(-c4ccc5cc(-c6ccccc6)oc5c4)cc3)c3ccc(-c4ccc5cc(-c6ccccc6)oc5c4)cc3)cc2)cc1. The topological polar surface area (TPSA) is 59.0 Å². The largest absolute Gasteiger partial charge is 0.456 e. The molecule has 4 heterocycles. The van der Waals surface area contributed by atoms with E-state index in [4.69, 9.17) is 17.7 Å². The van der Waals surface area contributed by atoms with Crippen LogP contribution in [0.1, 0.15) is 0 Å². The molecule has 0 radical (unpaired) electrons. The summed E-state index contributed by atoms with van der Waals surface area (Å²) >= 11 is 0. The lowest BCUT2D eigenvalue weighted by atomic mass is 10.0. The Bertz CT molecular complexity index is 5830. The predicted molar refractivity (Wildman–Crippen MR) is 430 cm³/mol. The van der Waals surface area contributed by atoms with Crippen LogP contribution < -0.4 is 9.80 Å². The molecular formula is C98H66N2O4. The van der Waals surface area contributed by atoms with Gasteiger partial charge in [-0.2, -0.15) is 0 Å². The second-order valence-electron chi connectivity index (χ2n) is 26.0. The maximum atomic E-state index is 6.30. The third-order valence-electron chi connectivity index (χ3n) is 19.4. The molecule has 0 saturated carbocycles. The van der Waals surface area contributed by atoms with Crippen LogP contribution in [-0.2, 0) is 0 Å². The van der Waals surface area contributed by atoms with Crippen molar-refractivity contribution >= 4 is 78.0 Å². The number of benzene rings is 15. The van der Waals surface area contributed by atoms with Crippen molar-refractivity contribution < 1.29 is 17.7 Å². The summed E-state index contributed by atoms with van der Waals surface area (Å²) in [5.74, 6) is 3.51. The highest BCUT2D eigenvalue weighted by molar-refractivity contribution is 5.93. The van der Waals surface area contributed by atoms with Crippen molar-refractivity contribution in [2.45, 2.75) is 0 Å². The van der Waals surface area contributed by atoms with Gasteiger partial charge in [0, 0.05) is 77.9 Å². The van der Waals surface area contributed by atoms with Gasteiger partial charge in [0.2, 0.25) is 0 Å². The minimum atomic E-state index is 0.877. The summed E-state index contributed by atoms with van der Waals surface area (Å²) in [5.41, 5.74) is 25.7. The van der Waals surface area contributed by atoms with E-state index < -0.39 is 0 Å². The molecule has 19 aromatic rings. The van der Waals surface area contributed by atoms with Gasteiger partial charge in [-0.05, 0) is 177 Å². The molecule has 0 aliphatic carbocycles. The van der Waals surface area contributed by atoms with Gasteiger partial charge in [-0.3, -0.25) is 0 Å². The minimum absolute atomic E-state index is 0.877. The number of hydrogen-bond acceptors (Lipinski definition) is 6. The van der Waals surface area contributed by atoms with E-state index in [-0.39, 0.29) is 0 Å². The number of anilines is 6. The second-order valence-corrected chi connectivity index (χ2v) is 26.0. The molecule has 19 rings (SSSR count). The van der Waals surface area contributed by atoms with Crippen molar-refractivity contribution in [3.8, 4) is 101 Å². The molecule has 4 aromatic heterocycles. The third kappa shape index (κ3) is 12.8. The number of fused-ring (bicyclic) bond motifs is 4. The summed E-state index contributed by atoms with van der Waals surface area (Å²) in [5, 5.41) is 4.38. The molecule has 0 spiro atoms. The van der Waals surface area contributed by atoms with E-state index in [2.05, 4.69) is 337 Å². The first-order chi connectivity index (χ1) is 51.5. The maximum absolute atomic E-state index is 6.30. The summed E-state index contributed by atoms with van der Waals surface area (Å²) in [7, 11) is 0. The molecular weight excluding hydrogens is 1270 g/mol. The molecule has 15 aromatic carbocycles. The number of para-hydroxylation sites is 1. The van der Waals surface area contributed by atoms with Gasteiger partial charge < -0.3 is 27.5 Å². The van der Waals surface area contributed by atoms with E-state index in [1.165, 1.54) is 11.1 Å². The molecule has 6 heteroatoms. The zero-order valence-corrected chi connectivity index (χ0v) is 56.6. The van der Waals surface area contributed by atoms with Gasteiger partial charge in [-0.15, -0.1) is 0 Å². The third-order valence-corrected chi connectivity index (χ3v) is 19.4. The zero-order valence-electron chi connectivity index (χ0n) is 56.6. The highest BCUT2D eigenvalue weighted by atomic mass is 16.3. The average molecular weight is 1340 g/mol. The first-order valence-corrected chi connectivity index (χ1v) is 35.1. The Hall–Kier alpha value is -13.9. The number of furan rings is 4. The van der Waals surface area contributed by atoms with Crippen molar-refractivity contribution in [2.24, 2.45) is 0 Å². The van der Waals surface area contributed by atoms with Gasteiger partial charge in [0.25, 0.3) is 0 Å². The Labute approximate surface area is 603 Å². The highest BCUT2D eigenvalue weighted by Gasteiger charge is 2.19. The Balaban J connectivity index is 0.000000149. The van der Waals surface area contributed by atoms with Crippen molar-refractivity contribution in [3.63, 3.8) is 0 Å². The van der Waals surface area contributed by atoms with E-state index in [1.807, 2.05) is 72.8 Å². The van der Waals surface area contributed by atoms with Gasteiger partial charge in [0.05, 0.1) is 0 Å². The molecule has 6 nitrogen and oxygen atoms in total. The molecule has 0 aliphatic rings. The lowest BCUT2D eigenvalue weighted by Gasteiger charge is -2.26. The van der Waals surface area contributed by atoms with Crippen molar-refractivity contribution in [1.82, 2.24) is 0 Å². The summed E-state index contributed by atoms with van der Waals surface area (Å²) in [6.45, 7) is 0. The average Bonchev–Trinajstić information content (AvgIpc) is 1.07. The van der Waals surface area contributed by atoms with E-state index in [1.54, 1.807) is 0 Å². The summed E-state index contributed by atoms with van der Waals surface area (Å²) in [6, 6.07) is 140. The standard InChI is InChI=1S/C52H35NO2.C46H31NO2/c1-4-10-36(11-5-1)37-20-26-46(27-21-37)53(47-28-22-38(23-29-47)42-16-18-44-34-49(54-51(44)32-42)40-12-6-2-7-13-40)48-30-24-39(25-31-48)43-17-19-45-35-50(55-52(45)33-43)41-14-8-3-9-15-41;1-4-10-34(11-5-1)43-30-38-18-16-36(28-45(38)48-43)32-20-24-41(25-21-32)47(40-14-8-3-9-15-40)42-26-22-33(23-27-42)37-17-19-39-31-44(49-46(39)29-37)35-12-6-2-7-13-35/h1-35H;1-31H. The normalized spacial score (nSPS) is 11.3. The first-order valence-electron chi connectivity index (χ1n) is 35.1. The predicted octanol–water partition coefficient (Wildman–Crippen LogP) is 28.3. The Morgan fingerprint density at radius 1 is 0.135 bits per heavy atom. The summed E-state index contributed by atoms with van der Waals surface area (Å²) < 4.78 is 25.1.